The van der Waals surface area contributed by atoms with Crippen LogP contribution in [0.4, 0.5) is 0 Å². The minimum atomic E-state index is 0.663. The van der Waals surface area contributed by atoms with Crippen LogP contribution in [0.25, 0.3) is 10.7 Å². The van der Waals surface area contributed by atoms with Crippen molar-refractivity contribution >= 4 is 23.6 Å². The lowest BCUT2D eigenvalue weighted by atomic mass is 10.5. The number of hydrogen-bond acceptors (Lipinski definition) is 5. The third-order valence-electron chi connectivity index (χ3n) is 3.10. The molecule has 2 heterocycles. The highest BCUT2D eigenvalue weighted by molar-refractivity contribution is 7.71. The fourth-order valence-corrected chi connectivity index (χ4v) is 3.14. The summed E-state index contributed by atoms with van der Waals surface area (Å²) >= 11 is 6.89. The van der Waals surface area contributed by atoms with Gasteiger partial charge in [0.1, 0.15) is 5.01 Å². The number of aromatic amines is 1. The number of aromatic nitrogens is 4. The highest BCUT2D eigenvalue weighted by Crippen LogP contribution is 2.25. The first-order chi connectivity index (χ1) is 9.19. The molecule has 2 aromatic rings. The molecule has 0 atom stereocenters. The van der Waals surface area contributed by atoms with E-state index in [1.165, 1.54) is 0 Å². The standard InChI is InChI=1S/C12H19N5S2/c1-4-16(5-2)8-10-13-7-9(19-10)11-14-15-12(18)17(11)6-3/h7H,4-6,8H2,1-3H3,(H,15,18). The second-order valence-electron chi connectivity index (χ2n) is 4.18. The number of rotatable bonds is 6. The minimum absolute atomic E-state index is 0.663. The van der Waals surface area contributed by atoms with Crippen LogP contribution in [0.5, 0.6) is 0 Å². The van der Waals surface area contributed by atoms with Gasteiger partial charge in [-0.3, -0.25) is 14.6 Å². The molecule has 19 heavy (non-hydrogen) atoms. The topological polar surface area (TPSA) is 49.7 Å². The lowest BCUT2D eigenvalue weighted by Gasteiger charge is -2.15. The molecule has 0 aliphatic carbocycles. The van der Waals surface area contributed by atoms with Gasteiger partial charge < -0.3 is 0 Å². The van der Waals surface area contributed by atoms with E-state index in [9.17, 15) is 0 Å². The van der Waals surface area contributed by atoms with Crippen LogP contribution in [0.3, 0.4) is 0 Å². The molecule has 7 heteroatoms. The van der Waals surface area contributed by atoms with Gasteiger partial charge in [0.2, 0.25) is 0 Å². The van der Waals surface area contributed by atoms with Gasteiger partial charge in [-0.15, -0.1) is 11.3 Å². The van der Waals surface area contributed by atoms with Crippen LogP contribution in [-0.2, 0) is 13.1 Å². The molecule has 5 nitrogen and oxygen atoms in total. The van der Waals surface area contributed by atoms with E-state index in [2.05, 4.69) is 40.9 Å². The van der Waals surface area contributed by atoms with Crippen LogP contribution >= 0.6 is 23.6 Å². The van der Waals surface area contributed by atoms with Gasteiger partial charge >= 0.3 is 0 Å². The smallest absolute Gasteiger partial charge is 0.195 e. The van der Waals surface area contributed by atoms with Crippen LogP contribution in [0.15, 0.2) is 6.20 Å². The summed E-state index contributed by atoms with van der Waals surface area (Å²) in [4.78, 5) is 7.90. The van der Waals surface area contributed by atoms with Gasteiger partial charge in [0, 0.05) is 12.7 Å². The Morgan fingerprint density at radius 2 is 2.11 bits per heavy atom. The maximum atomic E-state index is 5.21. The van der Waals surface area contributed by atoms with Crippen LogP contribution in [0.2, 0.25) is 0 Å². The van der Waals surface area contributed by atoms with E-state index in [4.69, 9.17) is 12.2 Å². The van der Waals surface area contributed by atoms with Gasteiger partial charge in [-0.2, -0.15) is 5.10 Å². The molecule has 2 aromatic heterocycles. The molecule has 0 saturated heterocycles. The SMILES string of the molecule is CCN(CC)Cc1ncc(-c2n[nH]c(=S)n2CC)s1. The fraction of sp³-hybridized carbons (Fsp3) is 0.583. The van der Waals surface area contributed by atoms with Crippen LogP contribution in [-0.4, -0.2) is 37.7 Å². The molecular weight excluding hydrogens is 278 g/mol. The Labute approximate surface area is 122 Å². The number of nitrogens with one attached hydrogen (secondary N) is 1. The average Bonchev–Trinajstić information content (AvgIpc) is 3.02. The van der Waals surface area contributed by atoms with Crippen molar-refractivity contribution in [1.82, 2.24) is 24.6 Å². The Bertz CT molecular complexity index is 579. The third-order valence-corrected chi connectivity index (χ3v) is 4.39. The highest BCUT2D eigenvalue weighted by Gasteiger charge is 2.12. The second-order valence-corrected chi connectivity index (χ2v) is 5.68. The van der Waals surface area contributed by atoms with E-state index in [1.807, 2.05) is 10.8 Å². The molecule has 0 aliphatic rings. The lowest BCUT2D eigenvalue weighted by molar-refractivity contribution is 0.295. The Hall–Kier alpha value is -1.05. The molecular formula is C12H19N5S2. The van der Waals surface area contributed by atoms with Crippen molar-refractivity contribution in [3.8, 4) is 10.7 Å². The maximum absolute atomic E-state index is 5.21. The zero-order valence-electron chi connectivity index (χ0n) is 11.5. The zero-order valence-corrected chi connectivity index (χ0v) is 13.1. The second kappa shape index (κ2) is 6.40. The molecule has 0 aliphatic heterocycles. The van der Waals surface area contributed by atoms with E-state index in [-0.39, 0.29) is 0 Å². The van der Waals surface area contributed by atoms with Gasteiger partial charge in [-0.1, -0.05) is 13.8 Å². The first-order valence-electron chi connectivity index (χ1n) is 6.52. The Morgan fingerprint density at radius 1 is 1.37 bits per heavy atom. The van der Waals surface area contributed by atoms with Gasteiger partial charge in [0.05, 0.1) is 11.4 Å². The largest absolute Gasteiger partial charge is 0.300 e. The molecule has 0 radical (unpaired) electrons. The molecule has 2 rings (SSSR count). The molecule has 0 unspecified atom stereocenters. The summed E-state index contributed by atoms with van der Waals surface area (Å²) in [6, 6.07) is 0. The predicted molar refractivity (Wildman–Crippen MR) is 80.8 cm³/mol. The van der Waals surface area contributed by atoms with E-state index < -0.39 is 0 Å². The summed E-state index contributed by atoms with van der Waals surface area (Å²) in [5, 5.41) is 8.26. The molecule has 0 aromatic carbocycles. The molecule has 0 bridgehead atoms. The summed E-state index contributed by atoms with van der Waals surface area (Å²) in [6.45, 7) is 10.2. The van der Waals surface area contributed by atoms with Crippen LogP contribution in [0, 0.1) is 4.77 Å². The van der Waals surface area contributed by atoms with Crippen LogP contribution < -0.4 is 0 Å². The Kier molecular flexibility index (Phi) is 4.84. The average molecular weight is 297 g/mol. The van der Waals surface area contributed by atoms with Crippen molar-refractivity contribution in [2.24, 2.45) is 0 Å². The van der Waals surface area contributed by atoms with Crippen molar-refractivity contribution in [2.45, 2.75) is 33.9 Å². The molecule has 104 valence electrons. The molecule has 0 spiro atoms. The van der Waals surface area contributed by atoms with Gasteiger partial charge in [-0.05, 0) is 32.2 Å². The first kappa shape index (κ1) is 14.4. The predicted octanol–water partition coefficient (Wildman–Crippen LogP) is 2.93. The molecule has 1 N–H and O–H groups in total. The molecule has 0 amide bonds. The first-order valence-corrected chi connectivity index (χ1v) is 7.74. The van der Waals surface area contributed by atoms with Crippen molar-refractivity contribution in [3.05, 3.63) is 16.0 Å². The monoisotopic (exact) mass is 297 g/mol. The van der Waals surface area contributed by atoms with Crippen molar-refractivity contribution < 1.29 is 0 Å². The zero-order chi connectivity index (χ0) is 13.8. The summed E-state index contributed by atoms with van der Waals surface area (Å²) in [5.41, 5.74) is 0. The van der Waals surface area contributed by atoms with Crippen LogP contribution in [0.1, 0.15) is 25.8 Å². The fourth-order valence-electron chi connectivity index (χ4n) is 1.92. The quantitative estimate of drug-likeness (QED) is 0.833. The van der Waals surface area contributed by atoms with Gasteiger partial charge in [0.25, 0.3) is 0 Å². The number of thiazole rings is 1. The van der Waals surface area contributed by atoms with Gasteiger partial charge in [0.15, 0.2) is 10.6 Å². The summed E-state index contributed by atoms with van der Waals surface area (Å²) in [6.07, 6.45) is 1.89. The lowest BCUT2D eigenvalue weighted by Crippen LogP contribution is -2.21. The normalized spacial score (nSPS) is 11.4. The van der Waals surface area contributed by atoms with E-state index in [0.717, 1.165) is 41.9 Å². The number of hydrogen-bond donors (Lipinski definition) is 1. The third kappa shape index (κ3) is 3.10. The Morgan fingerprint density at radius 3 is 2.74 bits per heavy atom. The molecule has 0 fully saturated rings. The summed E-state index contributed by atoms with van der Waals surface area (Å²) < 4.78 is 2.65. The summed E-state index contributed by atoms with van der Waals surface area (Å²) in [7, 11) is 0. The van der Waals surface area contributed by atoms with E-state index in [1.54, 1.807) is 11.3 Å². The van der Waals surface area contributed by atoms with E-state index >= 15 is 0 Å². The van der Waals surface area contributed by atoms with Crippen molar-refractivity contribution in [1.29, 1.82) is 0 Å². The highest BCUT2D eigenvalue weighted by atomic mass is 32.1. The van der Waals surface area contributed by atoms with Gasteiger partial charge in [-0.25, -0.2) is 4.98 Å². The summed E-state index contributed by atoms with van der Waals surface area (Å²) in [5.74, 6) is 0.885. The molecule has 0 saturated carbocycles. The Balaban J connectivity index is 2.23. The van der Waals surface area contributed by atoms with Crippen molar-refractivity contribution in [2.75, 3.05) is 13.1 Å². The van der Waals surface area contributed by atoms with E-state index in [0.29, 0.717) is 4.77 Å². The minimum Gasteiger partial charge on any atom is -0.300 e. The van der Waals surface area contributed by atoms with Crippen molar-refractivity contribution in [3.63, 3.8) is 0 Å². The number of H-pyrrole nitrogens is 1. The number of nitrogens with zero attached hydrogens (tertiary/aromatic N) is 4. The maximum Gasteiger partial charge on any atom is 0.195 e.